The molecule has 2 rings (SSSR count). The van der Waals surface area contributed by atoms with Gasteiger partial charge in [0.2, 0.25) is 0 Å². The summed E-state index contributed by atoms with van der Waals surface area (Å²) in [6.07, 6.45) is 0.797. The standard InChI is InChI=1S/C16H24N4O/c1-5-20(6-2)8-7-15-18-16(21-19-15)14-10-13(17)9-11(3)12(14)4/h9-10H,5-8,17H2,1-4H3. The van der Waals surface area contributed by atoms with Gasteiger partial charge in [-0.25, -0.2) is 0 Å². The van der Waals surface area contributed by atoms with Crippen molar-refractivity contribution in [2.45, 2.75) is 34.1 Å². The van der Waals surface area contributed by atoms with E-state index in [0.29, 0.717) is 5.89 Å². The minimum atomic E-state index is 0.553. The predicted octanol–water partition coefficient (Wildman–Crippen LogP) is 2.82. The number of likely N-dealkylation sites (N-methyl/N-ethyl adjacent to an activating group) is 1. The van der Waals surface area contributed by atoms with Gasteiger partial charge in [-0.15, -0.1) is 0 Å². The average molecular weight is 288 g/mol. The number of nitrogens with two attached hydrogens (primary N) is 1. The van der Waals surface area contributed by atoms with Crippen LogP contribution in [0.5, 0.6) is 0 Å². The maximum atomic E-state index is 5.91. The molecule has 1 aromatic heterocycles. The second-order valence-corrected chi connectivity index (χ2v) is 5.30. The van der Waals surface area contributed by atoms with Crippen LogP contribution in [-0.2, 0) is 6.42 Å². The van der Waals surface area contributed by atoms with E-state index in [1.807, 2.05) is 26.0 Å². The Kier molecular flexibility index (Phi) is 4.96. The van der Waals surface area contributed by atoms with Gasteiger partial charge in [0.25, 0.3) is 5.89 Å². The fraction of sp³-hybridized carbons (Fsp3) is 0.500. The van der Waals surface area contributed by atoms with Crippen LogP contribution >= 0.6 is 0 Å². The second-order valence-electron chi connectivity index (χ2n) is 5.30. The van der Waals surface area contributed by atoms with E-state index in [0.717, 1.165) is 54.3 Å². The molecular weight excluding hydrogens is 264 g/mol. The van der Waals surface area contributed by atoms with E-state index < -0.39 is 0 Å². The third-order valence-electron chi connectivity index (χ3n) is 3.93. The molecule has 1 heterocycles. The number of hydrogen-bond acceptors (Lipinski definition) is 5. The van der Waals surface area contributed by atoms with Gasteiger partial charge < -0.3 is 15.2 Å². The summed E-state index contributed by atoms with van der Waals surface area (Å²) >= 11 is 0. The van der Waals surface area contributed by atoms with Crippen molar-refractivity contribution in [1.82, 2.24) is 15.0 Å². The molecule has 0 aliphatic carbocycles. The normalized spacial score (nSPS) is 11.3. The number of hydrogen-bond donors (Lipinski definition) is 1. The number of anilines is 1. The molecule has 0 bridgehead atoms. The van der Waals surface area contributed by atoms with E-state index in [9.17, 15) is 0 Å². The van der Waals surface area contributed by atoms with E-state index in [-0.39, 0.29) is 0 Å². The summed E-state index contributed by atoms with van der Waals surface area (Å²) in [5, 5.41) is 4.08. The molecular formula is C16H24N4O. The molecule has 21 heavy (non-hydrogen) atoms. The van der Waals surface area contributed by atoms with Crippen molar-refractivity contribution >= 4 is 5.69 Å². The number of nitrogens with zero attached hydrogens (tertiary/aromatic N) is 3. The van der Waals surface area contributed by atoms with Crippen LogP contribution in [0.25, 0.3) is 11.5 Å². The summed E-state index contributed by atoms with van der Waals surface area (Å²) in [6.45, 7) is 11.4. The van der Waals surface area contributed by atoms with Crippen molar-refractivity contribution < 1.29 is 4.52 Å². The van der Waals surface area contributed by atoms with Crippen LogP contribution in [0.1, 0.15) is 30.8 Å². The molecule has 0 saturated heterocycles. The highest BCUT2D eigenvalue weighted by Crippen LogP contribution is 2.27. The number of rotatable bonds is 6. The zero-order valence-electron chi connectivity index (χ0n) is 13.3. The minimum absolute atomic E-state index is 0.553. The van der Waals surface area contributed by atoms with Gasteiger partial charge in [-0.1, -0.05) is 19.0 Å². The number of aromatic nitrogens is 2. The van der Waals surface area contributed by atoms with Crippen LogP contribution in [-0.4, -0.2) is 34.7 Å². The van der Waals surface area contributed by atoms with Gasteiger partial charge in [0.05, 0.1) is 0 Å². The smallest absolute Gasteiger partial charge is 0.258 e. The first-order valence-corrected chi connectivity index (χ1v) is 7.47. The first-order chi connectivity index (χ1) is 10.0. The van der Waals surface area contributed by atoms with Gasteiger partial charge in [0.1, 0.15) is 0 Å². The maximum Gasteiger partial charge on any atom is 0.258 e. The molecule has 0 aliphatic heterocycles. The third kappa shape index (κ3) is 3.61. The van der Waals surface area contributed by atoms with Crippen molar-refractivity contribution in [2.75, 3.05) is 25.4 Å². The second kappa shape index (κ2) is 6.72. The molecule has 0 unspecified atom stereocenters. The molecule has 0 atom stereocenters. The lowest BCUT2D eigenvalue weighted by Crippen LogP contribution is -2.25. The molecule has 0 radical (unpaired) electrons. The molecule has 2 aromatic rings. The highest BCUT2D eigenvalue weighted by Gasteiger charge is 2.13. The van der Waals surface area contributed by atoms with Crippen LogP contribution < -0.4 is 5.73 Å². The van der Waals surface area contributed by atoms with Gasteiger partial charge >= 0.3 is 0 Å². The van der Waals surface area contributed by atoms with Crippen molar-refractivity contribution in [1.29, 1.82) is 0 Å². The van der Waals surface area contributed by atoms with Crippen LogP contribution in [0.3, 0.4) is 0 Å². The van der Waals surface area contributed by atoms with E-state index in [2.05, 4.69) is 28.9 Å². The van der Waals surface area contributed by atoms with Gasteiger partial charge in [0, 0.05) is 24.2 Å². The summed E-state index contributed by atoms with van der Waals surface area (Å²) in [5.74, 6) is 1.30. The Morgan fingerprint density at radius 1 is 1.19 bits per heavy atom. The zero-order chi connectivity index (χ0) is 15.4. The Labute approximate surface area is 126 Å². The molecule has 0 saturated carbocycles. The minimum Gasteiger partial charge on any atom is -0.399 e. The monoisotopic (exact) mass is 288 g/mol. The molecule has 1 aromatic carbocycles. The van der Waals surface area contributed by atoms with Crippen molar-refractivity contribution in [3.63, 3.8) is 0 Å². The van der Waals surface area contributed by atoms with Gasteiger partial charge in [-0.3, -0.25) is 0 Å². The first kappa shape index (κ1) is 15.5. The quantitative estimate of drug-likeness (QED) is 0.828. The summed E-state index contributed by atoms with van der Waals surface area (Å²) in [4.78, 5) is 6.84. The first-order valence-electron chi connectivity index (χ1n) is 7.47. The van der Waals surface area contributed by atoms with E-state index in [1.165, 1.54) is 0 Å². The van der Waals surface area contributed by atoms with Crippen LogP contribution in [0.15, 0.2) is 16.7 Å². The fourth-order valence-corrected chi connectivity index (χ4v) is 2.37. The molecule has 5 nitrogen and oxygen atoms in total. The van der Waals surface area contributed by atoms with E-state index in [1.54, 1.807) is 0 Å². The largest absolute Gasteiger partial charge is 0.399 e. The summed E-state index contributed by atoms with van der Waals surface area (Å²) < 4.78 is 5.41. The summed E-state index contributed by atoms with van der Waals surface area (Å²) in [5.41, 5.74) is 9.81. The third-order valence-corrected chi connectivity index (χ3v) is 3.93. The highest BCUT2D eigenvalue weighted by molar-refractivity contribution is 5.66. The fourth-order valence-electron chi connectivity index (χ4n) is 2.37. The van der Waals surface area contributed by atoms with E-state index in [4.69, 9.17) is 10.3 Å². The maximum absolute atomic E-state index is 5.91. The lowest BCUT2D eigenvalue weighted by Gasteiger charge is -2.16. The average Bonchev–Trinajstić information content (AvgIpc) is 2.92. The van der Waals surface area contributed by atoms with Gasteiger partial charge in [-0.05, 0) is 50.2 Å². The summed E-state index contributed by atoms with van der Waals surface area (Å²) in [7, 11) is 0. The molecule has 0 aliphatic rings. The van der Waals surface area contributed by atoms with E-state index >= 15 is 0 Å². The topological polar surface area (TPSA) is 68.2 Å². The number of aryl methyl sites for hydroxylation is 1. The molecule has 5 heteroatoms. The lowest BCUT2D eigenvalue weighted by atomic mass is 10.0. The number of benzene rings is 1. The zero-order valence-corrected chi connectivity index (χ0v) is 13.3. The Balaban J connectivity index is 2.17. The molecule has 114 valence electrons. The Hall–Kier alpha value is -1.88. The lowest BCUT2D eigenvalue weighted by molar-refractivity contribution is 0.303. The van der Waals surface area contributed by atoms with Crippen molar-refractivity contribution in [3.05, 3.63) is 29.1 Å². The van der Waals surface area contributed by atoms with Gasteiger partial charge in [0.15, 0.2) is 5.82 Å². The van der Waals surface area contributed by atoms with Crippen molar-refractivity contribution in [3.8, 4) is 11.5 Å². The Bertz CT molecular complexity index is 602. The Morgan fingerprint density at radius 3 is 2.57 bits per heavy atom. The van der Waals surface area contributed by atoms with Crippen LogP contribution in [0, 0.1) is 13.8 Å². The van der Waals surface area contributed by atoms with Crippen molar-refractivity contribution in [2.24, 2.45) is 0 Å². The van der Waals surface area contributed by atoms with Crippen LogP contribution in [0.2, 0.25) is 0 Å². The summed E-state index contributed by atoms with van der Waals surface area (Å²) in [6, 6.07) is 3.85. The molecule has 0 amide bonds. The SMILES string of the molecule is CCN(CC)CCc1noc(-c2cc(N)cc(C)c2C)n1. The molecule has 0 fully saturated rings. The van der Waals surface area contributed by atoms with Crippen LogP contribution in [0.4, 0.5) is 5.69 Å². The molecule has 2 N–H and O–H groups in total. The Morgan fingerprint density at radius 2 is 1.90 bits per heavy atom. The van der Waals surface area contributed by atoms with Gasteiger partial charge in [-0.2, -0.15) is 4.98 Å². The highest BCUT2D eigenvalue weighted by atomic mass is 16.5. The molecule has 0 spiro atoms. The number of nitrogen functional groups attached to an aromatic ring is 1. The predicted molar refractivity (Wildman–Crippen MR) is 85.1 cm³/mol.